The minimum absolute atomic E-state index is 0.141. The maximum absolute atomic E-state index is 10.8. The molecular weight excluding hydrogens is 214 g/mol. The minimum atomic E-state index is -4.67. The van der Waals surface area contributed by atoms with Gasteiger partial charge in [-0.05, 0) is 6.92 Å². The summed E-state index contributed by atoms with van der Waals surface area (Å²) in [6.45, 7) is 2.51. The maximum atomic E-state index is 10.8. The van der Waals surface area contributed by atoms with Crippen LogP contribution in [0.25, 0.3) is 0 Å². The highest BCUT2D eigenvalue weighted by Crippen LogP contribution is 1.86. The van der Waals surface area contributed by atoms with Crippen LogP contribution in [0.2, 0.25) is 0 Å². The zero-order chi connectivity index (χ0) is 11.4. The summed E-state index contributed by atoms with van der Waals surface area (Å²) in [7, 11) is -4.67. The molecule has 0 saturated heterocycles. The van der Waals surface area contributed by atoms with Crippen molar-refractivity contribution in [2.24, 2.45) is 0 Å². The Bertz CT molecular complexity index is 422. The van der Waals surface area contributed by atoms with Crippen LogP contribution in [0.4, 0.5) is 5.69 Å². The van der Waals surface area contributed by atoms with Crippen LogP contribution in [0.5, 0.6) is 0 Å². The van der Waals surface area contributed by atoms with E-state index in [1.807, 2.05) is 6.92 Å². The van der Waals surface area contributed by atoms with Gasteiger partial charge in [-0.1, -0.05) is 0 Å². The quantitative estimate of drug-likeness (QED) is 0.458. The summed E-state index contributed by atoms with van der Waals surface area (Å²) in [6, 6.07) is 0. The summed E-state index contributed by atoms with van der Waals surface area (Å²) in [4.78, 5) is 10.8. The predicted molar refractivity (Wildman–Crippen MR) is 49.3 cm³/mol. The highest BCUT2D eigenvalue weighted by atomic mass is 32.3. The Balaban J connectivity index is 0.000000292. The molecule has 0 bridgehead atoms. The number of aromatic amines is 1. The molecule has 1 aromatic heterocycles. The van der Waals surface area contributed by atoms with E-state index in [4.69, 9.17) is 23.3 Å². The van der Waals surface area contributed by atoms with Crippen LogP contribution < -0.4 is 11.3 Å². The molecule has 0 spiro atoms. The molecule has 0 saturated carbocycles. The van der Waals surface area contributed by atoms with Gasteiger partial charge in [-0.15, -0.1) is 0 Å². The van der Waals surface area contributed by atoms with Gasteiger partial charge in [0.05, 0.1) is 0 Å². The zero-order valence-corrected chi connectivity index (χ0v) is 8.15. The highest BCUT2D eigenvalue weighted by Gasteiger charge is 1.96. The number of rotatable bonds is 1. The van der Waals surface area contributed by atoms with Crippen LogP contribution in [-0.2, 0) is 16.9 Å². The van der Waals surface area contributed by atoms with E-state index in [1.165, 1.54) is 10.9 Å². The molecule has 0 aliphatic carbocycles. The average Bonchev–Trinajstić information content (AvgIpc) is 2.30. The molecule has 0 amide bonds. The average molecular weight is 225 g/mol. The van der Waals surface area contributed by atoms with Gasteiger partial charge < -0.3 is 10.8 Å². The number of nitrogen functional groups attached to an aromatic ring is 1. The van der Waals surface area contributed by atoms with Gasteiger partial charge in [0, 0.05) is 12.7 Å². The normalized spacial score (nSPS) is 10.5. The molecular formula is C5H11N3O5S. The van der Waals surface area contributed by atoms with Gasteiger partial charge in [0.1, 0.15) is 5.69 Å². The lowest BCUT2D eigenvalue weighted by molar-refractivity contribution is 0.381. The van der Waals surface area contributed by atoms with E-state index < -0.39 is 10.4 Å². The molecule has 5 N–H and O–H groups in total. The second-order valence-corrected chi connectivity index (χ2v) is 3.12. The third-order valence-corrected chi connectivity index (χ3v) is 1.18. The summed E-state index contributed by atoms with van der Waals surface area (Å²) >= 11 is 0. The maximum Gasteiger partial charge on any atom is 0.394 e. The van der Waals surface area contributed by atoms with Crippen LogP contribution >= 0.6 is 0 Å². The van der Waals surface area contributed by atoms with Gasteiger partial charge in [-0.2, -0.15) is 8.42 Å². The van der Waals surface area contributed by atoms with Crippen molar-refractivity contribution in [2.75, 3.05) is 5.73 Å². The molecule has 0 aliphatic rings. The lowest BCUT2D eigenvalue weighted by Crippen LogP contribution is -2.17. The number of hydrogen-bond donors (Lipinski definition) is 4. The molecule has 1 aromatic rings. The number of H-pyrrole nitrogens is 1. The fourth-order valence-electron chi connectivity index (χ4n) is 0.659. The predicted octanol–water partition coefficient (Wildman–Crippen LogP) is -0.874. The Morgan fingerprint density at radius 2 is 2.00 bits per heavy atom. The number of nitrogens with two attached hydrogens (primary N) is 1. The molecule has 0 fully saturated rings. The Hall–Kier alpha value is -1.32. The van der Waals surface area contributed by atoms with E-state index in [9.17, 15) is 4.79 Å². The Kier molecular flexibility index (Phi) is 4.34. The molecule has 0 aromatic carbocycles. The van der Waals surface area contributed by atoms with Crippen LogP contribution in [0.1, 0.15) is 6.92 Å². The van der Waals surface area contributed by atoms with E-state index in [1.54, 1.807) is 0 Å². The van der Waals surface area contributed by atoms with E-state index in [0.29, 0.717) is 6.54 Å². The molecule has 9 heteroatoms. The number of aromatic nitrogens is 2. The minimum Gasteiger partial charge on any atom is -0.393 e. The van der Waals surface area contributed by atoms with Gasteiger partial charge in [0.2, 0.25) is 0 Å². The van der Waals surface area contributed by atoms with E-state index in [2.05, 4.69) is 5.10 Å². The summed E-state index contributed by atoms with van der Waals surface area (Å²) in [5.74, 6) is 0. The first kappa shape index (κ1) is 12.7. The molecule has 0 atom stereocenters. The topological polar surface area (TPSA) is 138 Å². The van der Waals surface area contributed by atoms with Crippen LogP contribution in [0, 0.1) is 0 Å². The number of nitrogens with zero attached hydrogens (tertiary/aromatic N) is 1. The van der Waals surface area contributed by atoms with Gasteiger partial charge in [0.25, 0.3) is 5.56 Å². The van der Waals surface area contributed by atoms with Gasteiger partial charge >= 0.3 is 10.4 Å². The lowest BCUT2D eigenvalue weighted by atomic mass is 10.6. The van der Waals surface area contributed by atoms with Crippen molar-refractivity contribution in [3.63, 3.8) is 0 Å². The molecule has 1 heterocycles. The first-order valence-corrected chi connectivity index (χ1v) is 4.89. The van der Waals surface area contributed by atoms with Crippen molar-refractivity contribution in [3.05, 3.63) is 16.6 Å². The number of hydrogen-bond acceptors (Lipinski definition) is 4. The lowest BCUT2D eigenvalue weighted by Gasteiger charge is -1.89. The monoisotopic (exact) mass is 225 g/mol. The zero-order valence-electron chi connectivity index (χ0n) is 7.34. The standard InChI is InChI=1S/C5H9N3O.H2O4S/c1-2-8-5(9)4(6)3-7-8;1-5(2,3)4/h3,7H,2,6H2,1H3;(H2,1,2,3,4). The van der Waals surface area contributed by atoms with Crippen molar-refractivity contribution < 1.29 is 17.5 Å². The molecule has 1 rings (SSSR count). The van der Waals surface area contributed by atoms with Crippen molar-refractivity contribution in [1.29, 1.82) is 0 Å². The molecule has 0 aliphatic heterocycles. The Morgan fingerprint density at radius 1 is 1.57 bits per heavy atom. The summed E-state index contributed by atoms with van der Waals surface area (Å²) < 4.78 is 33.0. The fourth-order valence-corrected chi connectivity index (χ4v) is 0.659. The third-order valence-electron chi connectivity index (χ3n) is 1.18. The molecule has 14 heavy (non-hydrogen) atoms. The van der Waals surface area contributed by atoms with Crippen molar-refractivity contribution in [2.45, 2.75) is 13.5 Å². The van der Waals surface area contributed by atoms with Crippen molar-refractivity contribution in [1.82, 2.24) is 9.78 Å². The second-order valence-electron chi connectivity index (χ2n) is 2.23. The molecule has 8 nitrogen and oxygen atoms in total. The first-order valence-electron chi connectivity index (χ1n) is 3.49. The van der Waals surface area contributed by atoms with Gasteiger partial charge in [-0.25, -0.2) is 0 Å². The largest absolute Gasteiger partial charge is 0.394 e. The number of anilines is 1. The smallest absolute Gasteiger partial charge is 0.393 e. The Labute approximate surface area is 79.9 Å². The fraction of sp³-hybridized carbons (Fsp3) is 0.400. The molecule has 0 unspecified atom stereocenters. The van der Waals surface area contributed by atoms with Gasteiger partial charge in [0.15, 0.2) is 0 Å². The number of nitrogens with one attached hydrogen (secondary N) is 1. The van der Waals surface area contributed by atoms with Crippen LogP contribution in [0.3, 0.4) is 0 Å². The molecule has 0 radical (unpaired) electrons. The first-order chi connectivity index (χ1) is 6.25. The van der Waals surface area contributed by atoms with Crippen molar-refractivity contribution in [3.8, 4) is 0 Å². The van der Waals surface area contributed by atoms with Gasteiger partial charge in [-0.3, -0.25) is 18.6 Å². The summed E-state index contributed by atoms with van der Waals surface area (Å²) in [5, 5.41) is 2.70. The van der Waals surface area contributed by atoms with E-state index in [0.717, 1.165) is 0 Å². The van der Waals surface area contributed by atoms with Crippen LogP contribution in [-0.4, -0.2) is 27.3 Å². The SMILES string of the molecule is CCn1[nH]cc(N)c1=O.O=S(=O)(O)O. The highest BCUT2D eigenvalue weighted by molar-refractivity contribution is 7.79. The van der Waals surface area contributed by atoms with E-state index >= 15 is 0 Å². The van der Waals surface area contributed by atoms with Crippen LogP contribution in [0.15, 0.2) is 11.0 Å². The summed E-state index contributed by atoms with van der Waals surface area (Å²) in [6.07, 6.45) is 1.49. The Morgan fingerprint density at radius 3 is 2.14 bits per heavy atom. The molecule has 82 valence electrons. The second kappa shape index (κ2) is 4.79. The van der Waals surface area contributed by atoms with E-state index in [-0.39, 0.29) is 11.2 Å². The summed E-state index contributed by atoms with van der Waals surface area (Å²) in [5.41, 5.74) is 5.39. The number of aryl methyl sites for hydroxylation is 1. The third kappa shape index (κ3) is 5.35. The van der Waals surface area contributed by atoms with Crippen molar-refractivity contribution >= 4 is 16.1 Å².